The van der Waals surface area contributed by atoms with Gasteiger partial charge in [0.25, 0.3) is 0 Å². The fourth-order valence-corrected chi connectivity index (χ4v) is 3.13. The highest BCUT2D eigenvalue weighted by Crippen LogP contribution is 2.23. The van der Waals surface area contributed by atoms with Crippen LogP contribution in [-0.4, -0.2) is 57.5 Å². The van der Waals surface area contributed by atoms with E-state index in [4.69, 9.17) is 9.47 Å². The molecule has 2 heterocycles. The minimum atomic E-state index is -0.376. The van der Waals surface area contributed by atoms with Gasteiger partial charge in [0, 0.05) is 31.9 Å². The van der Waals surface area contributed by atoms with Crippen LogP contribution in [0.2, 0.25) is 0 Å². The summed E-state index contributed by atoms with van der Waals surface area (Å²) >= 11 is 0. The van der Waals surface area contributed by atoms with Gasteiger partial charge in [-0.25, -0.2) is 4.39 Å². The van der Waals surface area contributed by atoms with Gasteiger partial charge in [0.1, 0.15) is 11.9 Å². The number of carbonyl (C=O) groups is 1. The number of nitrogens with one attached hydrogen (secondary N) is 2. The maximum Gasteiger partial charge on any atom is 0.240 e. The first-order valence-corrected chi connectivity index (χ1v) is 8.39. The van der Waals surface area contributed by atoms with Crippen molar-refractivity contribution >= 4 is 36.4 Å². The molecule has 6 nitrogen and oxygen atoms in total. The molecule has 3 rings (SSSR count). The van der Waals surface area contributed by atoms with E-state index in [1.165, 1.54) is 12.1 Å². The van der Waals surface area contributed by atoms with Crippen molar-refractivity contribution in [1.82, 2.24) is 10.6 Å². The molecule has 9 heteroatoms. The van der Waals surface area contributed by atoms with Crippen molar-refractivity contribution in [3.8, 4) is 0 Å². The number of rotatable bonds is 4. The average molecular weight is 410 g/mol. The van der Waals surface area contributed by atoms with Crippen LogP contribution in [0.4, 0.5) is 10.1 Å². The van der Waals surface area contributed by atoms with E-state index in [-0.39, 0.29) is 55.2 Å². The van der Waals surface area contributed by atoms with Crippen LogP contribution in [0.1, 0.15) is 12.5 Å². The second-order valence-corrected chi connectivity index (χ2v) is 6.10. The van der Waals surface area contributed by atoms with Crippen molar-refractivity contribution in [2.75, 3.05) is 44.4 Å². The van der Waals surface area contributed by atoms with Gasteiger partial charge in [-0.2, -0.15) is 0 Å². The Kier molecular flexibility index (Phi) is 9.60. The van der Waals surface area contributed by atoms with Crippen LogP contribution in [0, 0.1) is 5.82 Å². The van der Waals surface area contributed by atoms with E-state index in [1.54, 1.807) is 6.07 Å². The molecule has 2 saturated heterocycles. The first-order valence-electron chi connectivity index (χ1n) is 8.39. The Balaban J connectivity index is 0.00000169. The SMILES string of the molecule is C[C@H]1OCCN[C@@H]1C(=O)NCc1cc(F)ccc1N1CCOCC1.Cl.Cl. The largest absolute Gasteiger partial charge is 0.378 e. The molecular weight excluding hydrogens is 384 g/mol. The Hall–Kier alpha value is -1.12. The molecule has 0 aliphatic carbocycles. The molecule has 0 saturated carbocycles. The Bertz CT molecular complexity index is 588. The predicted molar refractivity (Wildman–Crippen MR) is 103 cm³/mol. The smallest absolute Gasteiger partial charge is 0.240 e. The number of anilines is 1. The standard InChI is InChI=1S/C17H24FN3O3.2ClH/c1-12-16(19-4-7-24-12)17(22)20-11-13-10-14(18)2-3-15(13)21-5-8-23-9-6-21;;/h2-3,10,12,16,19H,4-9,11H2,1H3,(H,20,22);2*1H/t12-,16+;;/m1../s1. The third-order valence-electron chi connectivity index (χ3n) is 4.45. The van der Waals surface area contributed by atoms with Crippen molar-refractivity contribution in [3.63, 3.8) is 0 Å². The molecule has 26 heavy (non-hydrogen) atoms. The lowest BCUT2D eigenvalue weighted by Crippen LogP contribution is -2.55. The highest BCUT2D eigenvalue weighted by atomic mass is 35.5. The molecule has 148 valence electrons. The molecule has 0 radical (unpaired) electrons. The Labute approximate surface area is 165 Å². The summed E-state index contributed by atoms with van der Waals surface area (Å²) in [6.45, 7) is 6.26. The summed E-state index contributed by atoms with van der Waals surface area (Å²) in [5.41, 5.74) is 1.72. The number of benzene rings is 1. The monoisotopic (exact) mass is 409 g/mol. The third kappa shape index (κ3) is 5.69. The van der Waals surface area contributed by atoms with Crippen LogP contribution in [0.3, 0.4) is 0 Å². The number of hydrogen-bond acceptors (Lipinski definition) is 5. The van der Waals surface area contributed by atoms with E-state index in [0.717, 1.165) is 24.3 Å². The first kappa shape index (κ1) is 22.9. The fourth-order valence-electron chi connectivity index (χ4n) is 3.13. The first-order chi connectivity index (χ1) is 11.6. The van der Waals surface area contributed by atoms with Crippen LogP contribution in [0.15, 0.2) is 18.2 Å². The van der Waals surface area contributed by atoms with Crippen LogP contribution < -0.4 is 15.5 Å². The van der Waals surface area contributed by atoms with Crippen LogP contribution in [0.5, 0.6) is 0 Å². The molecule has 1 aromatic carbocycles. The lowest BCUT2D eigenvalue weighted by molar-refractivity contribution is -0.129. The molecule has 1 amide bonds. The summed E-state index contributed by atoms with van der Waals surface area (Å²) in [4.78, 5) is 14.5. The Morgan fingerprint density at radius 1 is 1.31 bits per heavy atom. The summed E-state index contributed by atoms with van der Waals surface area (Å²) in [5.74, 6) is -0.428. The number of ether oxygens (including phenoxy) is 2. The average Bonchev–Trinajstić information content (AvgIpc) is 2.61. The number of carbonyl (C=O) groups excluding carboxylic acids is 1. The van der Waals surface area contributed by atoms with Gasteiger partial charge in [0.2, 0.25) is 5.91 Å². The molecule has 0 aromatic heterocycles. The zero-order valence-electron chi connectivity index (χ0n) is 14.7. The zero-order valence-corrected chi connectivity index (χ0v) is 16.3. The molecule has 0 bridgehead atoms. The van der Waals surface area contributed by atoms with Gasteiger partial charge in [-0.3, -0.25) is 4.79 Å². The summed E-state index contributed by atoms with van der Waals surface area (Å²) in [5, 5.41) is 6.06. The fraction of sp³-hybridized carbons (Fsp3) is 0.588. The second-order valence-electron chi connectivity index (χ2n) is 6.10. The number of nitrogens with zero attached hydrogens (tertiary/aromatic N) is 1. The molecule has 2 aliphatic heterocycles. The predicted octanol–water partition coefficient (Wildman–Crippen LogP) is 1.50. The minimum absolute atomic E-state index is 0. The van der Waals surface area contributed by atoms with Gasteiger partial charge in [-0.1, -0.05) is 0 Å². The molecular formula is C17H26Cl2FN3O3. The van der Waals surface area contributed by atoms with Crippen molar-refractivity contribution < 1.29 is 18.7 Å². The van der Waals surface area contributed by atoms with Gasteiger partial charge in [0.15, 0.2) is 0 Å². The summed E-state index contributed by atoms with van der Waals surface area (Å²) in [6.07, 6.45) is -0.176. The van der Waals surface area contributed by atoms with E-state index in [0.29, 0.717) is 26.4 Å². The summed E-state index contributed by atoms with van der Waals surface area (Å²) < 4.78 is 24.5. The van der Waals surface area contributed by atoms with Crippen molar-refractivity contribution in [3.05, 3.63) is 29.6 Å². The van der Waals surface area contributed by atoms with Crippen molar-refractivity contribution in [2.24, 2.45) is 0 Å². The number of halogens is 3. The van der Waals surface area contributed by atoms with Gasteiger partial charge < -0.3 is 25.0 Å². The third-order valence-corrected chi connectivity index (χ3v) is 4.45. The molecule has 2 N–H and O–H groups in total. The highest BCUT2D eigenvalue weighted by Gasteiger charge is 2.28. The molecule has 2 atom stereocenters. The molecule has 1 aromatic rings. The molecule has 0 spiro atoms. The van der Waals surface area contributed by atoms with E-state index in [2.05, 4.69) is 15.5 Å². The van der Waals surface area contributed by atoms with Crippen LogP contribution >= 0.6 is 24.8 Å². The number of hydrogen-bond donors (Lipinski definition) is 2. The summed E-state index contributed by atoms with van der Waals surface area (Å²) in [6, 6.07) is 4.33. The van der Waals surface area contributed by atoms with E-state index in [9.17, 15) is 9.18 Å². The molecule has 2 aliphatic rings. The lowest BCUT2D eigenvalue weighted by Gasteiger charge is -2.31. The van der Waals surface area contributed by atoms with Gasteiger partial charge >= 0.3 is 0 Å². The van der Waals surface area contributed by atoms with E-state index in [1.807, 2.05) is 6.92 Å². The van der Waals surface area contributed by atoms with E-state index < -0.39 is 0 Å². The zero-order chi connectivity index (χ0) is 16.9. The molecule has 2 fully saturated rings. The van der Waals surface area contributed by atoms with Crippen LogP contribution in [0.25, 0.3) is 0 Å². The van der Waals surface area contributed by atoms with Gasteiger partial charge in [-0.05, 0) is 30.7 Å². The van der Waals surface area contributed by atoms with Gasteiger partial charge in [0.05, 0.1) is 25.9 Å². The lowest BCUT2D eigenvalue weighted by atomic mass is 10.1. The minimum Gasteiger partial charge on any atom is -0.378 e. The van der Waals surface area contributed by atoms with Crippen molar-refractivity contribution in [1.29, 1.82) is 0 Å². The van der Waals surface area contributed by atoms with E-state index >= 15 is 0 Å². The second kappa shape index (κ2) is 10.9. The Morgan fingerprint density at radius 3 is 2.73 bits per heavy atom. The highest BCUT2D eigenvalue weighted by molar-refractivity contribution is 5.85. The maximum absolute atomic E-state index is 13.7. The number of amides is 1. The van der Waals surface area contributed by atoms with Gasteiger partial charge in [-0.15, -0.1) is 24.8 Å². The van der Waals surface area contributed by atoms with Crippen LogP contribution in [-0.2, 0) is 20.8 Å². The maximum atomic E-state index is 13.7. The normalized spacial score (nSPS) is 22.8. The topological polar surface area (TPSA) is 62.8 Å². The Morgan fingerprint density at radius 2 is 2.04 bits per heavy atom. The number of morpholine rings is 2. The molecule has 0 unspecified atom stereocenters. The van der Waals surface area contributed by atoms with Crippen molar-refractivity contribution in [2.45, 2.75) is 25.6 Å². The quantitative estimate of drug-likeness (QED) is 0.788. The summed E-state index contributed by atoms with van der Waals surface area (Å²) in [7, 11) is 0.